The van der Waals surface area contributed by atoms with Crippen molar-refractivity contribution >= 4 is 50.7 Å². The Bertz CT molecular complexity index is 992. The van der Waals surface area contributed by atoms with Crippen LogP contribution in [0, 0.1) is 0 Å². The minimum Gasteiger partial charge on any atom is -0.480 e. The van der Waals surface area contributed by atoms with Gasteiger partial charge in [0.05, 0.1) is 10.7 Å². The molecule has 1 unspecified atom stereocenters. The van der Waals surface area contributed by atoms with E-state index >= 15 is 0 Å². The first-order valence-corrected chi connectivity index (χ1v) is 9.47. The zero-order valence-corrected chi connectivity index (χ0v) is 17.1. The number of hydrogen-bond acceptors (Lipinski definition) is 4. The van der Waals surface area contributed by atoms with Crippen molar-refractivity contribution in [2.24, 2.45) is 0 Å². The summed E-state index contributed by atoms with van der Waals surface area (Å²) in [5, 5.41) is 6.03. The number of nitrogens with one attached hydrogen (secondary N) is 2. The van der Waals surface area contributed by atoms with Gasteiger partial charge in [0.1, 0.15) is 5.75 Å². The van der Waals surface area contributed by atoms with E-state index in [0.717, 1.165) is 0 Å². The van der Waals surface area contributed by atoms with E-state index in [1.54, 1.807) is 61.5 Å². The molecule has 0 radical (unpaired) electrons. The molecule has 3 rings (SSSR count). The lowest BCUT2D eigenvalue weighted by Crippen LogP contribution is -2.30. The first-order valence-electron chi connectivity index (χ1n) is 8.30. The van der Waals surface area contributed by atoms with Gasteiger partial charge < -0.3 is 19.8 Å². The highest BCUT2D eigenvalue weighted by molar-refractivity contribution is 9.10. The molecule has 144 valence electrons. The Hall–Kier alpha value is -2.77. The lowest BCUT2D eigenvalue weighted by atomic mass is 10.2. The molecule has 0 saturated carbocycles. The van der Waals surface area contributed by atoms with Gasteiger partial charge in [-0.3, -0.25) is 9.59 Å². The van der Waals surface area contributed by atoms with Crippen molar-refractivity contribution in [3.05, 3.63) is 76.1 Å². The number of hydrogen-bond donors (Lipinski definition) is 2. The van der Waals surface area contributed by atoms with Gasteiger partial charge >= 0.3 is 0 Å². The summed E-state index contributed by atoms with van der Waals surface area (Å²) < 4.78 is 11.4. The molecule has 1 heterocycles. The molecule has 3 aromatic rings. The van der Waals surface area contributed by atoms with Crippen molar-refractivity contribution in [1.82, 2.24) is 0 Å². The van der Waals surface area contributed by atoms with Gasteiger partial charge in [0.2, 0.25) is 0 Å². The highest BCUT2D eigenvalue weighted by Gasteiger charge is 2.17. The highest BCUT2D eigenvalue weighted by atomic mass is 79.9. The number of amides is 2. The van der Waals surface area contributed by atoms with Crippen molar-refractivity contribution in [3.63, 3.8) is 0 Å². The Balaban J connectivity index is 1.62. The Labute approximate surface area is 175 Å². The number of carbonyl (C=O) groups excluding carboxylic acids is 2. The van der Waals surface area contributed by atoms with Gasteiger partial charge in [-0.25, -0.2) is 0 Å². The van der Waals surface area contributed by atoms with E-state index in [4.69, 9.17) is 20.8 Å². The fourth-order valence-corrected chi connectivity index (χ4v) is 3.11. The predicted molar refractivity (Wildman–Crippen MR) is 111 cm³/mol. The van der Waals surface area contributed by atoms with E-state index in [0.29, 0.717) is 26.6 Å². The molecule has 6 nitrogen and oxygen atoms in total. The first kappa shape index (κ1) is 20.0. The van der Waals surface area contributed by atoms with Crippen molar-refractivity contribution < 1.29 is 18.7 Å². The molecule has 0 saturated heterocycles. The smallest absolute Gasteiger partial charge is 0.291 e. The van der Waals surface area contributed by atoms with Crippen LogP contribution < -0.4 is 15.4 Å². The van der Waals surface area contributed by atoms with Crippen LogP contribution in [0.5, 0.6) is 5.75 Å². The van der Waals surface area contributed by atoms with Crippen LogP contribution in [0.1, 0.15) is 17.5 Å². The van der Waals surface area contributed by atoms with Crippen molar-refractivity contribution in [2.45, 2.75) is 13.0 Å². The van der Waals surface area contributed by atoms with E-state index < -0.39 is 6.10 Å². The number of halogens is 2. The number of benzene rings is 2. The molecule has 0 spiro atoms. The predicted octanol–water partition coefficient (Wildman–Crippen LogP) is 5.35. The van der Waals surface area contributed by atoms with Crippen molar-refractivity contribution in [2.75, 3.05) is 10.6 Å². The first-order chi connectivity index (χ1) is 13.4. The zero-order chi connectivity index (χ0) is 20.1. The van der Waals surface area contributed by atoms with E-state index in [-0.39, 0.29) is 17.6 Å². The quantitative estimate of drug-likeness (QED) is 0.516. The van der Waals surface area contributed by atoms with Crippen LogP contribution in [0.15, 0.2) is 69.8 Å². The molecule has 0 aliphatic carbocycles. The van der Waals surface area contributed by atoms with E-state index in [1.807, 2.05) is 0 Å². The van der Waals surface area contributed by atoms with Crippen LogP contribution in [0.3, 0.4) is 0 Å². The molecule has 8 heteroatoms. The van der Waals surface area contributed by atoms with Gasteiger partial charge in [-0.2, -0.15) is 0 Å². The third kappa shape index (κ3) is 5.15. The lowest BCUT2D eigenvalue weighted by molar-refractivity contribution is -0.122. The normalized spacial score (nSPS) is 11.5. The average Bonchev–Trinajstić information content (AvgIpc) is 3.19. The highest BCUT2D eigenvalue weighted by Crippen LogP contribution is 2.29. The summed E-state index contributed by atoms with van der Waals surface area (Å²) in [6, 6.07) is 15.0. The molecule has 1 aromatic heterocycles. The lowest BCUT2D eigenvalue weighted by Gasteiger charge is -2.16. The molecule has 1 atom stereocenters. The Kier molecular flexibility index (Phi) is 6.38. The van der Waals surface area contributed by atoms with Gasteiger partial charge in [-0.1, -0.05) is 17.7 Å². The molecule has 0 fully saturated rings. The summed E-state index contributed by atoms with van der Waals surface area (Å²) in [4.78, 5) is 24.5. The van der Waals surface area contributed by atoms with Gasteiger partial charge in [-0.05, 0) is 71.4 Å². The van der Waals surface area contributed by atoms with Gasteiger partial charge in [0, 0.05) is 16.4 Å². The minimum absolute atomic E-state index is 0.199. The fourth-order valence-electron chi connectivity index (χ4n) is 2.33. The molecule has 2 N–H and O–H groups in total. The summed E-state index contributed by atoms with van der Waals surface area (Å²) in [5.41, 5.74) is 1.04. The molecular weight excluding hydrogens is 448 g/mol. The third-order valence-electron chi connectivity index (χ3n) is 3.70. The molecule has 2 amide bonds. The van der Waals surface area contributed by atoms with Gasteiger partial charge in [0.25, 0.3) is 11.8 Å². The second-order valence-corrected chi connectivity index (χ2v) is 7.13. The van der Waals surface area contributed by atoms with Crippen LogP contribution in [0.2, 0.25) is 5.02 Å². The average molecular weight is 464 g/mol. The van der Waals surface area contributed by atoms with Gasteiger partial charge in [-0.15, -0.1) is 0 Å². The summed E-state index contributed by atoms with van der Waals surface area (Å²) in [6.45, 7) is 1.64. The van der Waals surface area contributed by atoms with Crippen LogP contribution in [0.25, 0.3) is 0 Å². The summed E-state index contributed by atoms with van der Waals surface area (Å²) in [7, 11) is 0. The van der Waals surface area contributed by atoms with E-state index in [2.05, 4.69) is 26.6 Å². The number of carbonyl (C=O) groups is 2. The maximum atomic E-state index is 12.4. The summed E-state index contributed by atoms with van der Waals surface area (Å²) >= 11 is 9.26. The van der Waals surface area contributed by atoms with E-state index in [1.165, 1.54) is 6.26 Å². The molecule has 0 bridgehead atoms. The third-order valence-corrected chi connectivity index (χ3v) is 4.55. The maximum absolute atomic E-state index is 12.4. The largest absolute Gasteiger partial charge is 0.480 e. The van der Waals surface area contributed by atoms with Crippen LogP contribution in [-0.2, 0) is 4.79 Å². The fraction of sp³-hybridized carbons (Fsp3) is 0.100. The van der Waals surface area contributed by atoms with Gasteiger partial charge in [0.15, 0.2) is 11.9 Å². The Morgan fingerprint density at radius 1 is 1.07 bits per heavy atom. The zero-order valence-electron chi connectivity index (χ0n) is 14.7. The maximum Gasteiger partial charge on any atom is 0.291 e. The molecule has 0 aliphatic heterocycles. The van der Waals surface area contributed by atoms with E-state index in [9.17, 15) is 9.59 Å². The van der Waals surface area contributed by atoms with Crippen LogP contribution in [0.4, 0.5) is 11.4 Å². The number of furan rings is 1. The summed E-state index contributed by atoms with van der Waals surface area (Å²) in [5.74, 6) is -0.00866. The standard InChI is InChI=1S/C20H16BrClN2O4/c1-12(28-17-8-7-13(22)10-16(17)21)19(25)23-14-4-2-5-15(11-14)24-20(26)18-6-3-9-27-18/h2-12H,1H3,(H,23,25)(H,24,26). The minimum atomic E-state index is -0.751. The van der Waals surface area contributed by atoms with Crippen LogP contribution >= 0.6 is 27.5 Å². The molecule has 0 aliphatic rings. The second-order valence-electron chi connectivity index (χ2n) is 5.84. The molecule has 28 heavy (non-hydrogen) atoms. The Morgan fingerprint density at radius 3 is 2.50 bits per heavy atom. The SMILES string of the molecule is CC(Oc1ccc(Cl)cc1Br)C(=O)Nc1cccc(NC(=O)c2ccco2)c1. The number of anilines is 2. The number of ether oxygens (including phenoxy) is 1. The van der Waals surface area contributed by atoms with Crippen LogP contribution in [-0.4, -0.2) is 17.9 Å². The number of rotatable bonds is 6. The molecular formula is C20H16BrClN2O4. The Morgan fingerprint density at radius 2 is 1.82 bits per heavy atom. The second kappa shape index (κ2) is 8.95. The van der Waals surface area contributed by atoms with Crippen molar-refractivity contribution in [3.8, 4) is 5.75 Å². The van der Waals surface area contributed by atoms with Crippen molar-refractivity contribution in [1.29, 1.82) is 0 Å². The molecule has 2 aromatic carbocycles. The monoisotopic (exact) mass is 462 g/mol. The topological polar surface area (TPSA) is 80.6 Å². The summed E-state index contributed by atoms with van der Waals surface area (Å²) in [6.07, 6.45) is 0.672.